The Morgan fingerprint density at radius 2 is 2.04 bits per heavy atom. The number of piperidine rings is 1. The highest BCUT2D eigenvalue weighted by Crippen LogP contribution is 2.19. The van der Waals surface area contributed by atoms with E-state index in [1.807, 2.05) is 18.2 Å². The van der Waals surface area contributed by atoms with Gasteiger partial charge in [-0.2, -0.15) is 0 Å². The number of rotatable bonds is 5. The van der Waals surface area contributed by atoms with Crippen LogP contribution >= 0.6 is 0 Å². The Hall–Kier alpha value is -2.57. The molecule has 7 nitrogen and oxygen atoms in total. The van der Waals surface area contributed by atoms with Crippen molar-refractivity contribution in [2.45, 2.75) is 26.3 Å². The van der Waals surface area contributed by atoms with Crippen LogP contribution in [0.15, 0.2) is 24.3 Å². The highest BCUT2D eigenvalue weighted by Gasteiger charge is 2.31. The maximum absolute atomic E-state index is 12.3. The maximum atomic E-state index is 12.3. The Morgan fingerprint density at radius 3 is 2.76 bits per heavy atom. The zero-order valence-corrected chi connectivity index (χ0v) is 14.6. The Morgan fingerprint density at radius 1 is 1.28 bits per heavy atom. The third-order valence-corrected chi connectivity index (χ3v) is 4.15. The molecule has 2 rings (SSSR count). The lowest BCUT2D eigenvalue weighted by Crippen LogP contribution is -2.48. The van der Waals surface area contributed by atoms with Gasteiger partial charge in [-0.25, -0.2) is 0 Å². The van der Waals surface area contributed by atoms with Crippen molar-refractivity contribution in [3.8, 4) is 5.75 Å². The molecule has 0 aromatic heterocycles. The lowest BCUT2D eigenvalue weighted by atomic mass is 9.98. The summed E-state index contributed by atoms with van der Waals surface area (Å²) in [5.41, 5.74) is 0.786. The molecular formula is C18H24N2O5. The molecule has 0 radical (unpaired) electrons. The third kappa shape index (κ3) is 4.95. The Labute approximate surface area is 147 Å². The number of esters is 1. The minimum atomic E-state index is -0.685. The topological polar surface area (TPSA) is 84.9 Å². The average Bonchev–Trinajstić information content (AvgIpc) is 2.66. The second-order valence-corrected chi connectivity index (χ2v) is 5.84. The summed E-state index contributed by atoms with van der Waals surface area (Å²) in [6.07, 6.45) is 1.35. The molecule has 1 aromatic carbocycles. The number of methoxy groups -OCH3 is 1. The van der Waals surface area contributed by atoms with Crippen LogP contribution in [0.4, 0.5) is 0 Å². The number of hydrogen-bond acceptors (Lipinski definition) is 5. The standard InChI is InChI=1S/C18H24N2O5/c1-3-25-18(23)14-8-6-10-20(12-14)17(22)16(21)19-11-13-7-4-5-9-15(13)24-2/h4-5,7,9,14H,3,6,8,10-12H2,1-2H3,(H,19,21). The van der Waals surface area contributed by atoms with Crippen LogP contribution < -0.4 is 10.1 Å². The molecule has 0 saturated carbocycles. The summed E-state index contributed by atoms with van der Waals surface area (Å²) in [5.74, 6) is -1.33. The molecule has 1 fully saturated rings. The third-order valence-electron chi connectivity index (χ3n) is 4.15. The van der Waals surface area contributed by atoms with Crippen molar-refractivity contribution in [3.63, 3.8) is 0 Å². The fraction of sp³-hybridized carbons (Fsp3) is 0.500. The maximum Gasteiger partial charge on any atom is 0.311 e. The van der Waals surface area contributed by atoms with Crippen molar-refractivity contribution in [2.24, 2.45) is 5.92 Å². The first-order chi connectivity index (χ1) is 12.1. The number of benzene rings is 1. The SMILES string of the molecule is CCOC(=O)C1CCCN(C(=O)C(=O)NCc2ccccc2OC)C1. The minimum Gasteiger partial charge on any atom is -0.496 e. The molecule has 2 amide bonds. The van der Waals surface area contributed by atoms with Crippen LogP contribution in [0.5, 0.6) is 5.75 Å². The van der Waals surface area contributed by atoms with Crippen LogP contribution in [-0.4, -0.2) is 49.5 Å². The van der Waals surface area contributed by atoms with Gasteiger partial charge in [-0.1, -0.05) is 18.2 Å². The second kappa shape index (κ2) is 9.05. The summed E-state index contributed by atoms with van der Waals surface area (Å²) in [5, 5.41) is 2.61. The largest absolute Gasteiger partial charge is 0.496 e. The number of carbonyl (C=O) groups excluding carboxylic acids is 3. The second-order valence-electron chi connectivity index (χ2n) is 5.84. The van der Waals surface area contributed by atoms with Crippen LogP contribution in [0.1, 0.15) is 25.3 Å². The van der Waals surface area contributed by atoms with Gasteiger partial charge in [-0.15, -0.1) is 0 Å². The number of likely N-dealkylation sites (tertiary alicyclic amines) is 1. The van der Waals surface area contributed by atoms with E-state index in [4.69, 9.17) is 9.47 Å². The number of ether oxygens (including phenoxy) is 2. The molecule has 1 aromatic rings. The summed E-state index contributed by atoms with van der Waals surface area (Å²) in [7, 11) is 1.55. The molecule has 1 atom stereocenters. The van der Waals surface area contributed by atoms with E-state index in [2.05, 4.69) is 5.32 Å². The van der Waals surface area contributed by atoms with Gasteiger partial charge in [0.05, 0.1) is 19.6 Å². The van der Waals surface area contributed by atoms with Gasteiger partial charge in [-0.3, -0.25) is 14.4 Å². The predicted octanol–water partition coefficient (Wildman–Crippen LogP) is 1.11. The summed E-state index contributed by atoms with van der Waals surface area (Å²) in [6.45, 7) is 2.94. The molecule has 1 aliphatic rings. The van der Waals surface area contributed by atoms with Crippen LogP contribution in [0, 0.1) is 5.92 Å². The zero-order valence-electron chi connectivity index (χ0n) is 14.6. The van der Waals surface area contributed by atoms with Gasteiger partial charge in [0, 0.05) is 25.2 Å². The van der Waals surface area contributed by atoms with Crippen molar-refractivity contribution < 1.29 is 23.9 Å². The highest BCUT2D eigenvalue weighted by molar-refractivity contribution is 6.35. The number of hydrogen-bond donors (Lipinski definition) is 1. The summed E-state index contributed by atoms with van der Waals surface area (Å²) >= 11 is 0. The molecule has 7 heteroatoms. The van der Waals surface area contributed by atoms with Gasteiger partial charge in [0.1, 0.15) is 5.75 Å². The van der Waals surface area contributed by atoms with Crippen molar-refractivity contribution in [1.29, 1.82) is 0 Å². The van der Waals surface area contributed by atoms with E-state index in [1.165, 1.54) is 4.90 Å². The van der Waals surface area contributed by atoms with E-state index in [1.54, 1.807) is 20.1 Å². The molecule has 136 valence electrons. The molecular weight excluding hydrogens is 324 g/mol. The number of nitrogens with zero attached hydrogens (tertiary/aromatic N) is 1. The van der Waals surface area contributed by atoms with Crippen LogP contribution in [-0.2, 0) is 25.7 Å². The average molecular weight is 348 g/mol. The molecule has 0 spiro atoms. The molecule has 1 saturated heterocycles. The molecule has 1 heterocycles. The number of carbonyl (C=O) groups is 3. The number of amides is 2. The van der Waals surface area contributed by atoms with Gasteiger partial charge < -0.3 is 19.7 Å². The van der Waals surface area contributed by atoms with Crippen molar-refractivity contribution >= 4 is 17.8 Å². The Balaban J connectivity index is 1.91. The summed E-state index contributed by atoms with van der Waals surface area (Å²) in [6, 6.07) is 7.28. The highest BCUT2D eigenvalue weighted by atomic mass is 16.5. The van der Waals surface area contributed by atoms with Crippen molar-refractivity contribution in [2.75, 3.05) is 26.8 Å². The van der Waals surface area contributed by atoms with Gasteiger partial charge >= 0.3 is 17.8 Å². The van der Waals surface area contributed by atoms with E-state index in [9.17, 15) is 14.4 Å². The van der Waals surface area contributed by atoms with Crippen LogP contribution in [0.2, 0.25) is 0 Å². The van der Waals surface area contributed by atoms with Gasteiger partial charge in [0.15, 0.2) is 0 Å². The zero-order chi connectivity index (χ0) is 18.2. The molecule has 0 aliphatic carbocycles. The van der Waals surface area contributed by atoms with E-state index >= 15 is 0 Å². The fourth-order valence-corrected chi connectivity index (χ4v) is 2.86. The summed E-state index contributed by atoms with van der Waals surface area (Å²) < 4.78 is 10.2. The lowest BCUT2D eigenvalue weighted by Gasteiger charge is -2.31. The smallest absolute Gasteiger partial charge is 0.311 e. The van der Waals surface area contributed by atoms with Gasteiger partial charge in [0.2, 0.25) is 0 Å². The first-order valence-corrected chi connectivity index (χ1v) is 8.42. The van der Waals surface area contributed by atoms with Crippen LogP contribution in [0.3, 0.4) is 0 Å². The van der Waals surface area contributed by atoms with Gasteiger partial charge in [0.25, 0.3) is 0 Å². The fourth-order valence-electron chi connectivity index (χ4n) is 2.86. The quantitative estimate of drug-likeness (QED) is 0.636. The van der Waals surface area contributed by atoms with E-state index < -0.39 is 11.8 Å². The molecule has 1 unspecified atom stereocenters. The molecule has 0 bridgehead atoms. The first kappa shape index (κ1) is 18.8. The Bertz CT molecular complexity index is 632. The molecule has 25 heavy (non-hydrogen) atoms. The number of nitrogens with one attached hydrogen (secondary N) is 1. The monoisotopic (exact) mass is 348 g/mol. The van der Waals surface area contributed by atoms with Crippen LogP contribution in [0.25, 0.3) is 0 Å². The van der Waals surface area contributed by atoms with E-state index in [-0.39, 0.29) is 25.0 Å². The Kier molecular flexibility index (Phi) is 6.80. The van der Waals surface area contributed by atoms with Crippen molar-refractivity contribution in [1.82, 2.24) is 10.2 Å². The molecule has 1 N–H and O–H groups in total. The normalized spacial score (nSPS) is 16.9. The van der Waals surface area contributed by atoms with E-state index in [0.29, 0.717) is 31.7 Å². The minimum absolute atomic E-state index is 0.198. The van der Waals surface area contributed by atoms with E-state index in [0.717, 1.165) is 5.56 Å². The van der Waals surface area contributed by atoms with Gasteiger partial charge in [-0.05, 0) is 25.8 Å². The van der Waals surface area contributed by atoms with Crippen molar-refractivity contribution in [3.05, 3.63) is 29.8 Å². The number of para-hydroxylation sites is 1. The lowest BCUT2D eigenvalue weighted by molar-refractivity contribution is -0.154. The molecule has 1 aliphatic heterocycles. The first-order valence-electron chi connectivity index (χ1n) is 8.42. The predicted molar refractivity (Wildman–Crippen MR) is 90.8 cm³/mol. The summed E-state index contributed by atoms with van der Waals surface area (Å²) in [4.78, 5) is 37.8.